The highest BCUT2D eigenvalue weighted by atomic mass is 35.5. The van der Waals surface area contributed by atoms with Crippen molar-refractivity contribution < 1.29 is 14.6 Å². The molecule has 1 aromatic carbocycles. The molecule has 0 aromatic heterocycles. The minimum atomic E-state index is -0.756. The van der Waals surface area contributed by atoms with E-state index in [9.17, 15) is 4.79 Å². The van der Waals surface area contributed by atoms with Crippen LogP contribution in [0.1, 0.15) is 25.8 Å². The van der Waals surface area contributed by atoms with Crippen LogP contribution in [0.4, 0.5) is 0 Å². The summed E-state index contributed by atoms with van der Waals surface area (Å²) in [5.74, 6) is 0.321. The number of hydrogen-bond donors (Lipinski definition) is 1. The van der Waals surface area contributed by atoms with Crippen LogP contribution >= 0.6 is 11.6 Å². The molecule has 0 saturated heterocycles. The molecule has 0 aliphatic carbocycles. The SMILES string of the molecule is COc1ccc(CC(CC(=O)O)C(C)C)cc1Cl. The standard InChI is InChI=1S/C14H19ClO3/c1-9(2)11(8-14(16)17)6-10-4-5-13(18-3)12(15)7-10/h4-5,7,9,11H,6,8H2,1-3H3,(H,16,17). The number of ether oxygens (including phenoxy) is 1. The van der Waals surface area contributed by atoms with E-state index in [-0.39, 0.29) is 12.3 Å². The van der Waals surface area contributed by atoms with Crippen molar-refractivity contribution in [2.45, 2.75) is 26.7 Å². The molecule has 0 heterocycles. The molecule has 1 rings (SSSR count). The van der Waals surface area contributed by atoms with Gasteiger partial charge >= 0.3 is 5.97 Å². The van der Waals surface area contributed by atoms with Crippen LogP contribution in [0, 0.1) is 11.8 Å². The first-order valence-corrected chi connectivity index (χ1v) is 6.36. The number of rotatable bonds is 6. The summed E-state index contributed by atoms with van der Waals surface area (Å²) < 4.78 is 5.09. The van der Waals surface area contributed by atoms with Crippen molar-refractivity contribution in [2.75, 3.05) is 7.11 Å². The molecule has 4 heteroatoms. The molecule has 0 saturated carbocycles. The number of hydrogen-bond acceptors (Lipinski definition) is 2. The van der Waals surface area contributed by atoms with E-state index < -0.39 is 5.97 Å². The Morgan fingerprint density at radius 3 is 2.56 bits per heavy atom. The zero-order valence-electron chi connectivity index (χ0n) is 10.9. The first kappa shape index (κ1) is 14.8. The first-order chi connectivity index (χ1) is 8.43. The van der Waals surface area contributed by atoms with Gasteiger partial charge in [-0.1, -0.05) is 31.5 Å². The average Bonchev–Trinajstić information content (AvgIpc) is 2.27. The van der Waals surface area contributed by atoms with Crippen LogP contribution in [-0.4, -0.2) is 18.2 Å². The van der Waals surface area contributed by atoms with Gasteiger partial charge in [0, 0.05) is 6.42 Å². The van der Waals surface area contributed by atoms with Gasteiger partial charge in [0.05, 0.1) is 12.1 Å². The van der Waals surface area contributed by atoms with E-state index in [4.69, 9.17) is 21.4 Å². The van der Waals surface area contributed by atoms with E-state index in [1.54, 1.807) is 7.11 Å². The summed E-state index contributed by atoms with van der Waals surface area (Å²) in [6.45, 7) is 4.08. The fraction of sp³-hybridized carbons (Fsp3) is 0.500. The van der Waals surface area contributed by atoms with Crippen molar-refractivity contribution in [3.8, 4) is 5.75 Å². The number of carbonyl (C=O) groups is 1. The quantitative estimate of drug-likeness (QED) is 0.858. The number of aliphatic carboxylic acids is 1. The van der Waals surface area contributed by atoms with Gasteiger partial charge in [0.1, 0.15) is 5.75 Å². The summed E-state index contributed by atoms with van der Waals surface area (Å²) in [6, 6.07) is 5.59. The highest BCUT2D eigenvalue weighted by Crippen LogP contribution is 2.28. The molecule has 18 heavy (non-hydrogen) atoms. The molecule has 0 amide bonds. The number of carboxylic acid groups (broad SMARTS) is 1. The minimum absolute atomic E-state index is 0.118. The van der Waals surface area contributed by atoms with Crippen molar-refractivity contribution in [1.82, 2.24) is 0 Å². The molecular weight excluding hydrogens is 252 g/mol. The molecule has 1 aromatic rings. The number of halogens is 1. The van der Waals surface area contributed by atoms with Gasteiger partial charge in [-0.15, -0.1) is 0 Å². The molecule has 0 aliphatic rings. The molecule has 0 fully saturated rings. The Balaban J connectivity index is 2.80. The highest BCUT2D eigenvalue weighted by Gasteiger charge is 2.18. The topological polar surface area (TPSA) is 46.5 Å². The number of carboxylic acids is 1. The molecule has 0 aliphatic heterocycles. The normalized spacial score (nSPS) is 12.5. The van der Waals surface area contributed by atoms with Gasteiger partial charge in [0.2, 0.25) is 0 Å². The summed E-state index contributed by atoms with van der Waals surface area (Å²) in [4.78, 5) is 10.8. The lowest BCUT2D eigenvalue weighted by molar-refractivity contribution is -0.138. The lowest BCUT2D eigenvalue weighted by Gasteiger charge is -2.19. The Morgan fingerprint density at radius 1 is 1.44 bits per heavy atom. The van der Waals surface area contributed by atoms with Crippen molar-refractivity contribution in [3.05, 3.63) is 28.8 Å². The van der Waals surface area contributed by atoms with Gasteiger partial charge in [0.25, 0.3) is 0 Å². The predicted octanol–water partition coefficient (Wildman–Crippen LogP) is 3.64. The number of benzene rings is 1. The van der Waals surface area contributed by atoms with E-state index >= 15 is 0 Å². The third-order valence-corrected chi connectivity index (χ3v) is 3.39. The Bertz CT molecular complexity index is 416. The van der Waals surface area contributed by atoms with Crippen LogP contribution in [0.3, 0.4) is 0 Å². The zero-order valence-corrected chi connectivity index (χ0v) is 11.7. The maximum Gasteiger partial charge on any atom is 0.303 e. The van der Waals surface area contributed by atoms with Crippen molar-refractivity contribution in [2.24, 2.45) is 11.8 Å². The van der Waals surface area contributed by atoms with Gasteiger partial charge in [-0.3, -0.25) is 4.79 Å². The maximum atomic E-state index is 10.8. The second-order valence-corrected chi connectivity index (χ2v) is 5.18. The summed E-state index contributed by atoms with van der Waals surface area (Å²) in [5.41, 5.74) is 1.04. The minimum Gasteiger partial charge on any atom is -0.495 e. The summed E-state index contributed by atoms with van der Waals surface area (Å²) >= 11 is 6.06. The van der Waals surface area contributed by atoms with Gasteiger partial charge in [0.15, 0.2) is 0 Å². The molecule has 1 unspecified atom stereocenters. The smallest absolute Gasteiger partial charge is 0.303 e. The molecule has 1 atom stereocenters. The summed E-state index contributed by atoms with van der Waals surface area (Å²) in [7, 11) is 1.57. The molecule has 3 nitrogen and oxygen atoms in total. The Labute approximate surface area is 113 Å². The van der Waals surface area contributed by atoms with Crippen LogP contribution in [0.5, 0.6) is 5.75 Å². The Morgan fingerprint density at radius 2 is 2.11 bits per heavy atom. The van der Waals surface area contributed by atoms with Crippen LogP contribution in [0.25, 0.3) is 0 Å². The molecular formula is C14H19ClO3. The predicted molar refractivity (Wildman–Crippen MR) is 72.3 cm³/mol. The molecule has 0 radical (unpaired) electrons. The fourth-order valence-corrected chi connectivity index (χ4v) is 2.19. The van der Waals surface area contributed by atoms with Crippen molar-refractivity contribution >= 4 is 17.6 Å². The third kappa shape index (κ3) is 4.22. The Kier molecular flexibility index (Phi) is 5.48. The zero-order chi connectivity index (χ0) is 13.7. The van der Waals surface area contributed by atoms with Crippen LogP contribution < -0.4 is 4.74 Å². The van der Waals surface area contributed by atoms with Crippen molar-refractivity contribution in [3.63, 3.8) is 0 Å². The second-order valence-electron chi connectivity index (χ2n) is 4.77. The third-order valence-electron chi connectivity index (χ3n) is 3.09. The van der Waals surface area contributed by atoms with Gasteiger partial charge in [-0.2, -0.15) is 0 Å². The molecule has 100 valence electrons. The van der Waals surface area contributed by atoms with E-state index in [0.717, 1.165) is 5.56 Å². The fourth-order valence-electron chi connectivity index (χ4n) is 1.91. The Hall–Kier alpha value is -1.22. The van der Waals surface area contributed by atoms with Gasteiger partial charge < -0.3 is 9.84 Å². The van der Waals surface area contributed by atoms with Crippen LogP contribution in [0.15, 0.2) is 18.2 Å². The van der Waals surface area contributed by atoms with E-state index in [2.05, 4.69) is 0 Å². The van der Waals surface area contributed by atoms with Crippen LogP contribution in [0.2, 0.25) is 5.02 Å². The average molecular weight is 271 g/mol. The summed E-state index contributed by atoms with van der Waals surface area (Å²) in [6.07, 6.45) is 0.898. The van der Waals surface area contributed by atoms with Crippen molar-refractivity contribution in [1.29, 1.82) is 0 Å². The first-order valence-electron chi connectivity index (χ1n) is 5.98. The second kappa shape index (κ2) is 6.64. The molecule has 0 spiro atoms. The van der Waals surface area contributed by atoms with Crippen LogP contribution in [-0.2, 0) is 11.2 Å². The molecule has 1 N–H and O–H groups in total. The van der Waals surface area contributed by atoms with E-state index in [1.165, 1.54) is 0 Å². The van der Waals surface area contributed by atoms with E-state index in [1.807, 2.05) is 32.0 Å². The van der Waals surface area contributed by atoms with E-state index in [0.29, 0.717) is 23.1 Å². The summed E-state index contributed by atoms with van der Waals surface area (Å²) in [5, 5.41) is 9.46. The lowest BCUT2D eigenvalue weighted by atomic mass is 9.86. The monoisotopic (exact) mass is 270 g/mol. The van der Waals surface area contributed by atoms with Gasteiger partial charge in [-0.25, -0.2) is 0 Å². The molecule has 0 bridgehead atoms. The largest absolute Gasteiger partial charge is 0.495 e. The highest BCUT2D eigenvalue weighted by molar-refractivity contribution is 6.32. The van der Waals surface area contributed by atoms with Gasteiger partial charge in [-0.05, 0) is 36.0 Å². The maximum absolute atomic E-state index is 10.8. The number of methoxy groups -OCH3 is 1. The lowest BCUT2D eigenvalue weighted by Crippen LogP contribution is -2.16.